The van der Waals surface area contributed by atoms with Crippen LogP contribution in [0.25, 0.3) is 10.9 Å². The SMILES string of the molecule is O=C(COc1cccc2cccnc12)N1CCN(Cc2ccccc2)CC1. The fourth-order valence-corrected chi connectivity index (χ4v) is 3.42. The minimum atomic E-state index is 0.0299. The number of benzene rings is 2. The summed E-state index contributed by atoms with van der Waals surface area (Å²) in [5.74, 6) is 0.687. The molecule has 1 fully saturated rings. The largest absolute Gasteiger partial charge is 0.481 e. The lowest BCUT2D eigenvalue weighted by Crippen LogP contribution is -2.49. The fourth-order valence-electron chi connectivity index (χ4n) is 3.42. The molecule has 1 saturated heterocycles. The van der Waals surface area contributed by atoms with E-state index in [2.05, 4.69) is 34.1 Å². The number of hydrogen-bond donors (Lipinski definition) is 0. The Bertz CT molecular complexity index is 900. The zero-order chi connectivity index (χ0) is 18.5. The highest BCUT2D eigenvalue weighted by Crippen LogP contribution is 2.23. The lowest BCUT2D eigenvalue weighted by Gasteiger charge is -2.34. The first kappa shape index (κ1) is 17.5. The van der Waals surface area contributed by atoms with Crippen molar-refractivity contribution in [3.63, 3.8) is 0 Å². The number of para-hydroxylation sites is 1. The van der Waals surface area contributed by atoms with Crippen molar-refractivity contribution in [1.29, 1.82) is 0 Å². The van der Waals surface area contributed by atoms with Crippen molar-refractivity contribution in [3.8, 4) is 5.75 Å². The van der Waals surface area contributed by atoms with E-state index in [-0.39, 0.29) is 12.5 Å². The van der Waals surface area contributed by atoms with Crippen LogP contribution < -0.4 is 4.74 Å². The first-order valence-corrected chi connectivity index (χ1v) is 9.30. The van der Waals surface area contributed by atoms with E-state index < -0.39 is 0 Å². The highest BCUT2D eigenvalue weighted by molar-refractivity contribution is 5.85. The van der Waals surface area contributed by atoms with Crippen molar-refractivity contribution in [2.24, 2.45) is 0 Å². The lowest BCUT2D eigenvalue weighted by molar-refractivity contribution is -0.135. The Morgan fingerprint density at radius 2 is 1.70 bits per heavy atom. The third-order valence-electron chi connectivity index (χ3n) is 4.92. The number of ether oxygens (including phenoxy) is 1. The topological polar surface area (TPSA) is 45.7 Å². The van der Waals surface area contributed by atoms with Crippen LogP contribution in [-0.2, 0) is 11.3 Å². The van der Waals surface area contributed by atoms with Gasteiger partial charge in [-0.05, 0) is 17.7 Å². The van der Waals surface area contributed by atoms with Crippen LogP contribution in [0.4, 0.5) is 0 Å². The van der Waals surface area contributed by atoms with Crippen LogP contribution in [0.3, 0.4) is 0 Å². The zero-order valence-electron chi connectivity index (χ0n) is 15.3. The molecule has 0 radical (unpaired) electrons. The summed E-state index contributed by atoms with van der Waals surface area (Å²) in [4.78, 5) is 21.2. The quantitative estimate of drug-likeness (QED) is 0.701. The molecule has 0 bridgehead atoms. The number of pyridine rings is 1. The van der Waals surface area contributed by atoms with Gasteiger partial charge in [0.05, 0.1) is 0 Å². The van der Waals surface area contributed by atoms with E-state index in [4.69, 9.17) is 4.74 Å². The maximum atomic E-state index is 12.5. The van der Waals surface area contributed by atoms with Crippen LogP contribution >= 0.6 is 0 Å². The first-order valence-electron chi connectivity index (χ1n) is 9.30. The molecule has 138 valence electrons. The van der Waals surface area contributed by atoms with Crippen molar-refractivity contribution in [2.45, 2.75) is 6.54 Å². The monoisotopic (exact) mass is 361 g/mol. The molecule has 1 aliphatic rings. The maximum absolute atomic E-state index is 12.5. The minimum Gasteiger partial charge on any atom is -0.481 e. The predicted octanol–water partition coefficient (Wildman–Crippen LogP) is 2.96. The smallest absolute Gasteiger partial charge is 0.260 e. The molecule has 0 spiro atoms. The number of nitrogens with zero attached hydrogens (tertiary/aromatic N) is 3. The molecule has 3 aromatic rings. The average molecular weight is 361 g/mol. The van der Waals surface area contributed by atoms with E-state index >= 15 is 0 Å². The Morgan fingerprint density at radius 1 is 0.926 bits per heavy atom. The van der Waals surface area contributed by atoms with Gasteiger partial charge in [0.15, 0.2) is 6.61 Å². The van der Waals surface area contributed by atoms with E-state index in [0.717, 1.165) is 43.6 Å². The fraction of sp³-hybridized carbons (Fsp3) is 0.273. The summed E-state index contributed by atoms with van der Waals surface area (Å²) < 4.78 is 5.79. The molecule has 4 rings (SSSR count). The number of hydrogen-bond acceptors (Lipinski definition) is 4. The molecule has 0 aliphatic carbocycles. The summed E-state index contributed by atoms with van der Waals surface area (Å²) in [5, 5.41) is 1.01. The lowest BCUT2D eigenvalue weighted by atomic mass is 10.2. The summed E-state index contributed by atoms with van der Waals surface area (Å²) >= 11 is 0. The second kappa shape index (κ2) is 8.18. The number of carbonyl (C=O) groups excluding carboxylic acids is 1. The predicted molar refractivity (Wildman–Crippen MR) is 106 cm³/mol. The molecule has 1 aromatic heterocycles. The third kappa shape index (κ3) is 4.26. The molecule has 0 saturated carbocycles. The van der Waals surface area contributed by atoms with Gasteiger partial charge in [0.2, 0.25) is 0 Å². The van der Waals surface area contributed by atoms with Gasteiger partial charge >= 0.3 is 0 Å². The molecule has 1 aliphatic heterocycles. The number of piperazine rings is 1. The molecular formula is C22H23N3O2. The van der Waals surface area contributed by atoms with E-state index in [1.165, 1.54) is 5.56 Å². The molecule has 2 aromatic carbocycles. The van der Waals surface area contributed by atoms with E-state index in [0.29, 0.717) is 5.75 Å². The molecule has 0 unspecified atom stereocenters. The van der Waals surface area contributed by atoms with E-state index in [9.17, 15) is 4.79 Å². The van der Waals surface area contributed by atoms with Crippen LogP contribution in [0.1, 0.15) is 5.56 Å². The molecule has 1 amide bonds. The summed E-state index contributed by atoms with van der Waals surface area (Å²) in [6, 6.07) is 20.1. The Balaban J connectivity index is 1.29. The molecule has 2 heterocycles. The number of aromatic nitrogens is 1. The second-order valence-corrected chi connectivity index (χ2v) is 6.76. The van der Waals surface area contributed by atoms with Gasteiger partial charge in [-0.25, -0.2) is 0 Å². The van der Waals surface area contributed by atoms with Crippen molar-refractivity contribution in [1.82, 2.24) is 14.8 Å². The van der Waals surface area contributed by atoms with Crippen molar-refractivity contribution in [3.05, 3.63) is 72.4 Å². The van der Waals surface area contributed by atoms with Crippen LogP contribution in [0, 0.1) is 0 Å². The molecule has 5 heteroatoms. The van der Waals surface area contributed by atoms with Crippen LogP contribution in [0.2, 0.25) is 0 Å². The van der Waals surface area contributed by atoms with Crippen LogP contribution in [-0.4, -0.2) is 53.5 Å². The van der Waals surface area contributed by atoms with Gasteiger partial charge in [-0.2, -0.15) is 0 Å². The van der Waals surface area contributed by atoms with Crippen molar-refractivity contribution >= 4 is 16.8 Å². The van der Waals surface area contributed by atoms with Gasteiger partial charge < -0.3 is 9.64 Å². The standard InChI is InChI=1S/C22H23N3O2/c26-21(17-27-20-10-4-8-19-9-5-11-23-22(19)20)25-14-12-24(13-15-25)16-18-6-2-1-3-7-18/h1-11H,12-17H2. The van der Waals surface area contributed by atoms with Gasteiger partial charge in [-0.1, -0.05) is 48.5 Å². The third-order valence-corrected chi connectivity index (χ3v) is 4.92. The Hall–Kier alpha value is -2.92. The summed E-state index contributed by atoms with van der Waals surface area (Å²) in [6.07, 6.45) is 1.74. The summed E-state index contributed by atoms with van der Waals surface area (Å²) in [5.41, 5.74) is 2.10. The van der Waals surface area contributed by atoms with Gasteiger partial charge in [-0.15, -0.1) is 0 Å². The minimum absolute atomic E-state index is 0.0299. The Labute approximate surface area is 159 Å². The molecule has 0 N–H and O–H groups in total. The number of fused-ring (bicyclic) bond motifs is 1. The first-order chi connectivity index (χ1) is 13.3. The molecule has 27 heavy (non-hydrogen) atoms. The number of amides is 1. The van der Waals surface area contributed by atoms with Gasteiger partial charge in [0, 0.05) is 44.3 Å². The van der Waals surface area contributed by atoms with E-state index in [1.807, 2.05) is 41.3 Å². The van der Waals surface area contributed by atoms with Gasteiger partial charge in [0.1, 0.15) is 11.3 Å². The number of carbonyl (C=O) groups is 1. The highest BCUT2D eigenvalue weighted by atomic mass is 16.5. The second-order valence-electron chi connectivity index (χ2n) is 6.76. The van der Waals surface area contributed by atoms with Gasteiger partial charge in [0.25, 0.3) is 5.91 Å². The highest BCUT2D eigenvalue weighted by Gasteiger charge is 2.21. The van der Waals surface area contributed by atoms with Gasteiger partial charge in [-0.3, -0.25) is 14.7 Å². The van der Waals surface area contributed by atoms with Crippen LogP contribution in [0.15, 0.2) is 66.9 Å². The molecular weight excluding hydrogens is 338 g/mol. The maximum Gasteiger partial charge on any atom is 0.260 e. The van der Waals surface area contributed by atoms with Crippen LogP contribution in [0.5, 0.6) is 5.75 Å². The Morgan fingerprint density at radius 3 is 2.52 bits per heavy atom. The van der Waals surface area contributed by atoms with E-state index in [1.54, 1.807) is 6.20 Å². The average Bonchev–Trinajstić information content (AvgIpc) is 2.73. The number of rotatable bonds is 5. The Kier molecular flexibility index (Phi) is 5.30. The normalized spacial score (nSPS) is 15.0. The molecule has 5 nitrogen and oxygen atoms in total. The molecule has 0 atom stereocenters. The van der Waals surface area contributed by atoms with Crippen molar-refractivity contribution in [2.75, 3.05) is 32.8 Å². The summed E-state index contributed by atoms with van der Waals surface area (Å²) in [6.45, 7) is 4.23. The zero-order valence-corrected chi connectivity index (χ0v) is 15.3. The van der Waals surface area contributed by atoms with Crippen molar-refractivity contribution < 1.29 is 9.53 Å². The summed E-state index contributed by atoms with van der Waals surface area (Å²) in [7, 11) is 0.